The highest BCUT2D eigenvalue weighted by Crippen LogP contribution is 2.24. The van der Waals surface area contributed by atoms with Crippen molar-refractivity contribution in [3.63, 3.8) is 0 Å². The standard InChI is InChI=1S/C19H18ClN7O2S/c1-12-5-4-6-14(27-19(30)25(2)23-24-27)13(12)11-29-17-9-10-26(22-17)15-7-8-16(20)21-18(15)28-3/h4-10H,11H2,1-3H3. The van der Waals surface area contributed by atoms with Crippen LogP contribution in [-0.2, 0) is 13.7 Å². The topological polar surface area (TPSA) is 84.8 Å². The molecule has 0 saturated heterocycles. The quantitative estimate of drug-likeness (QED) is 0.333. The van der Waals surface area contributed by atoms with Gasteiger partial charge in [-0.3, -0.25) is 0 Å². The third-order valence-electron chi connectivity index (χ3n) is 4.51. The van der Waals surface area contributed by atoms with Crippen molar-refractivity contribution in [3.8, 4) is 23.1 Å². The summed E-state index contributed by atoms with van der Waals surface area (Å²) >= 11 is 11.3. The first-order valence-electron chi connectivity index (χ1n) is 8.95. The van der Waals surface area contributed by atoms with Crippen molar-refractivity contribution in [2.24, 2.45) is 7.05 Å². The molecular weight excluding hydrogens is 426 g/mol. The number of hydrogen-bond acceptors (Lipinski definition) is 7. The molecule has 0 spiro atoms. The zero-order valence-corrected chi connectivity index (χ0v) is 18.1. The highest BCUT2D eigenvalue weighted by molar-refractivity contribution is 7.71. The van der Waals surface area contributed by atoms with Crippen LogP contribution in [0.4, 0.5) is 0 Å². The molecule has 1 aromatic carbocycles. The summed E-state index contributed by atoms with van der Waals surface area (Å²) < 4.78 is 16.5. The maximum absolute atomic E-state index is 5.96. The summed E-state index contributed by atoms with van der Waals surface area (Å²) in [4.78, 5) is 4.15. The van der Waals surface area contributed by atoms with Crippen molar-refractivity contribution in [1.29, 1.82) is 0 Å². The predicted octanol–water partition coefficient (Wildman–Crippen LogP) is 3.47. The Morgan fingerprint density at radius 1 is 1.10 bits per heavy atom. The third kappa shape index (κ3) is 3.79. The van der Waals surface area contributed by atoms with E-state index in [-0.39, 0.29) is 6.61 Å². The van der Waals surface area contributed by atoms with E-state index in [9.17, 15) is 0 Å². The van der Waals surface area contributed by atoms with Crippen LogP contribution in [0.1, 0.15) is 11.1 Å². The Labute approximate surface area is 182 Å². The average Bonchev–Trinajstić information content (AvgIpc) is 3.34. The number of rotatable bonds is 6. The third-order valence-corrected chi connectivity index (χ3v) is 5.16. The van der Waals surface area contributed by atoms with Crippen LogP contribution in [0.2, 0.25) is 5.15 Å². The number of tetrazole rings is 1. The zero-order valence-electron chi connectivity index (χ0n) is 16.5. The smallest absolute Gasteiger partial charge is 0.241 e. The van der Waals surface area contributed by atoms with E-state index < -0.39 is 0 Å². The van der Waals surface area contributed by atoms with Gasteiger partial charge >= 0.3 is 0 Å². The lowest BCUT2D eigenvalue weighted by molar-refractivity contribution is 0.290. The number of aryl methyl sites for hydroxylation is 2. The molecule has 0 aliphatic rings. The van der Waals surface area contributed by atoms with E-state index in [1.807, 2.05) is 25.1 Å². The summed E-state index contributed by atoms with van der Waals surface area (Å²) in [5.74, 6) is 0.819. The Balaban J connectivity index is 1.60. The van der Waals surface area contributed by atoms with E-state index in [2.05, 4.69) is 20.5 Å². The predicted molar refractivity (Wildman–Crippen MR) is 113 cm³/mol. The molecule has 30 heavy (non-hydrogen) atoms. The van der Waals surface area contributed by atoms with Crippen molar-refractivity contribution in [2.75, 3.05) is 7.11 Å². The molecule has 154 valence electrons. The van der Waals surface area contributed by atoms with Gasteiger partial charge in [-0.2, -0.15) is 9.67 Å². The van der Waals surface area contributed by atoms with Crippen molar-refractivity contribution >= 4 is 23.8 Å². The first kappa shape index (κ1) is 20.0. The van der Waals surface area contributed by atoms with Crippen LogP contribution in [0.3, 0.4) is 0 Å². The van der Waals surface area contributed by atoms with Gasteiger partial charge in [0.15, 0.2) is 0 Å². The second kappa shape index (κ2) is 8.25. The molecule has 0 aliphatic carbocycles. The van der Waals surface area contributed by atoms with Crippen LogP contribution in [0, 0.1) is 11.7 Å². The Hall–Kier alpha value is -3.24. The second-order valence-corrected chi connectivity index (χ2v) is 7.17. The second-order valence-electron chi connectivity index (χ2n) is 6.42. The van der Waals surface area contributed by atoms with E-state index in [1.165, 1.54) is 11.8 Å². The molecule has 0 unspecified atom stereocenters. The Bertz CT molecular complexity index is 1260. The maximum atomic E-state index is 5.96. The van der Waals surface area contributed by atoms with Gasteiger partial charge in [-0.15, -0.1) is 5.10 Å². The summed E-state index contributed by atoms with van der Waals surface area (Å²) in [5.41, 5.74) is 3.45. The van der Waals surface area contributed by atoms with E-state index in [0.717, 1.165) is 16.8 Å². The van der Waals surface area contributed by atoms with Crippen LogP contribution in [0.5, 0.6) is 11.8 Å². The largest absolute Gasteiger partial charge is 0.479 e. The zero-order chi connectivity index (χ0) is 21.3. The lowest BCUT2D eigenvalue weighted by Gasteiger charge is -2.12. The van der Waals surface area contributed by atoms with E-state index in [0.29, 0.717) is 27.4 Å². The SMILES string of the molecule is COc1nc(Cl)ccc1-n1ccc(OCc2c(C)cccc2-n2nnn(C)c2=S)n1. The lowest BCUT2D eigenvalue weighted by Crippen LogP contribution is -2.08. The fourth-order valence-electron chi connectivity index (χ4n) is 2.94. The molecule has 0 N–H and O–H groups in total. The van der Waals surface area contributed by atoms with Crippen LogP contribution < -0.4 is 9.47 Å². The van der Waals surface area contributed by atoms with E-state index >= 15 is 0 Å². The van der Waals surface area contributed by atoms with Gasteiger partial charge in [0.1, 0.15) is 17.4 Å². The molecule has 0 atom stereocenters. The van der Waals surface area contributed by atoms with E-state index in [1.54, 1.807) is 40.8 Å². The number of nitrogens with zero attached hydrogens (tertiary/aromatic N) is 7. The van der Waals surface area contributed by atoms with Gasteiger partial charge in [-0.25, -0.2) is 9.36 Å². The van der Waals surface area contributed by atoms with Crippen molar-refractivity contribution in [1.82, 2.24) is 34.6 Å². The fourth-order valence-corrected chi connectivity index (χ4v) is 3.25. The first-order valence-corrected chi connectivity index (χ1v) is 9.74. The summed E-state index contributed by atoms with van der Waals surface area (Å²) in [6, 6.07) is 11.1. The van der Waals surface area contributed by atoms with Crippen LogP contribution >= 0.6 is 23.8 Å². The Morgan fingerprint density at radius 3 is 2.67 bits per heavy atom. The molecule has 4 aromatic rings. The highest BCUT2D eigenvalue weighted by atomic mass is 35.5. The van der Waals surface area contributed by atoms with Crippen LogP contribution in [0.15, 0.2) is 42.6 Å². The van der Waals surface area contributed by atoms with Gasteiger partial charge < -0.3 is 9.47 Å². The minimum Gasteiger partial charge on any atom is -0.479 e. The summed E-state index contributed by atoms with van der Waals surface area (Å²) in [6.45, 7) is 2.29. The molecule has 0 radical (unpaired) electrons. The molecule has 0 bridgehead atoms. The summed E-state index contributed by atoms with van der Waals surface area (Å²) in [6.07, 6.45) is 1.76. The number of pyridine rings is 1. The van der Waals surface area contributed by atoms with E-state index in [4.69, 9.17) is 33.3 Å². The number of methoxy groups -OCH3 is 1. The molecule has 11 heteroatoms. The van der Waals surface area contributed by atoms with Crippen molar-refractivity contribution < 1.29 is 9.47 Å². The highest BCUT2D eigenvalue weighted by Gasteiger charge is 2.14. The first-order chi connectivity index (χ1) is 14.5. The fraction of sp³-hybridized carbons (Fsp3) is 0.211. The molecule has 4 rings (SSSR count). The molecule has 0 aliphatic heterocycles. The number of ether oxygens (including phenoxy) is 2. The van der Waals surface area contributed by atoms with Gasteiger partial charge in [-0.05, 0) is 53.3 Å². The molecular formula is C19H18ClN7O2S. The Morgan fingerprint density at radius 2 is 1.93 bits per heavy atom. The van der Waals surface area contributed by atoms with Crippen molar-refractivity contribution in [3.05, 3.63) is 63.6 Å². The van der Waals surface area contributed by atoms with Gasteiger partial charge in [0, 0.05) is 24.9 Å². The number of hydrogen-bond donors (Lipinski definition) is 0. The van der Waals surface area contributed by atoms with Crippen molar-refractivity contribution in [2.45, 2.75) is 13.5 Å². The van der Waals surface area contributed by atoms with Crippen LogP contribution in [-0.4, -0.2) is 41.7 Å². The molecule has 0 amide bonds. The normalized spacial score (nSPS) is 10.9. The summed E-state index contributed by atoms with van der Waals surface area (Å²) in [7, 11) is 3.28. The number of aromatic nitrogens is 7. The van der Waals surface area contributed by atoms with Gasteiger partial charge in [0.25, 0.3) is 0 Å². The van der Waals surface area contributed by atoms with Crippen LogP contribution in [0.25, 0.3) is 11.4 Å². The summed E-state index contributed by atoms with van der Waals surface area (Å²) in [5, 5.41) is 12.9. The molecule has 3 heterocycles. The van der Waals surface area contributed by atoms with Gasteiger partial charge in [-0.1, -0.05) is 23.7 Å². The molecule has 0 fully saturated rings. The minimum atomic E-state index is 0.285. The van der Waals surface area contributed by atoms with Gasteiger partial charge in [0.2, 0.25) is 16.5 Å². The maximum Gasteiger partial charge on any atom is 0.241 e. The number of benzene rings is 1. The molecule has 9 nitrogen and oxygen atoms in total. The average molecular weight is 444 g/mol. The molecule has 0 saturated carbocycles. The molecule has 3 aromatic heterocycles. The lowest BCUT2D eigenvalue weighted by atomic mass is 10.1. The Kier molecular flexibility index (Phi) is 5.51. The minimum absolute atomic E-state index is 0.285. The number of halogens is 1. The van der Waals surface area contributed by atoms with Gasteiger partial charge in [0.05, 0.1) is 12.8 Å². The monoisotopic (exact) mass is 443 g/mol.